The predicted molar refractivity (Wildman–Crippen MR) is 24.4 cm³/mol. The van der Waals surface area contributed by atoms with Crippen LogP contribution in [0.3, 0.4) is 0 Å². The molecule has 0 radical (unpaired) electrons. The van der Waals surface area contributed by atoms with Crippen LogP contribution in [0.15, 0.2) is 0 Å². The van der Waals surface area contributed by atoms with E-state index in [1.54, 1.807) is 0 Å². The molecule has 0 rings (SSSR count). The Kier molecular flexibility index (Phi) is 3.11. The van der Waals surface area contributed by atoms with E-state index >= 15 is 0 Å². The highest BCUT2D eigenvalue weighted by Gasteiger charge is 1.96. The zero-order valence-corrected chi connectivity index (χ0v) is 4.70. The summed E-state index contributed by atoms with van der Waals surface area (Å²) in [6, 6.07) is 0. The highest BCUT2D eigenvalue weighted by atomic mass is 32.2. The lowest BCUT2D eigenvalue weighted by molar-refractivity contribution is 0.460. The second-order valence-electron chi connectivity index (χ2n) is 1.23. The van der Waals surface area contributed by atoms with Crippen LogP contribution in [-0.2, 0) is 11.1 Å². The van der Waals surface area contributed by atoms with Gasteiger partial charge in [-0.1, -0.05) is 0 Å². The van der Waals surface area contributed by atoms with Crippen molar-refractivity contribution in [1.82, 2.24) is 0 Å². The van der Waals surface area contributed by atoms with Crippen LogP contribution in [0.1, 0.15) is 6.92 Å². The summed E-state index contributed by atoms with van der Waals surface area (Å²) in [4.78, 5) is 0. The first-order valence-electron chi connectivity index (χ1n) is 1.82. The Balaban J connectivity index is 3.34. The minimum atomic E-state index is -2.24. The van der Waals surface area contributed by atoms with E-state index in [-0.39, 0.29) is 0 Å². The highest BCUT2D eigenvalue weighted by molar-refractivity contribution is 7.79. The van der Waals surface area contributed by atoms with Gasteiger partial charge in [-0.05, 0) is 18.0 Å². The fourth-order valence-electron chi connectivity index (χ4n) is 0.0514. The Morgan fingerprint density at radius 1 is 2.00 bits per heavy atom. The van der Waals surface area contributed by atoms with Crippen molar-refractivity contribution in [2.24, 2.45) is 0 Å². The fraction of sp³-hybridized carbons (Fsp3) is 1.00. The van der Waals surface area contributed by atoms with Crippen LogP contribution in [-0.4, -0.2) is 20.7 Å². The molecule has 0 aliphatic carbocycles. The average molecular weight is 125 g/mol. The van der Waals surface area contributed by atoms with Gasteiger partial charge in [-0.15, -0.1) is 0 Å². The normalized spacial score (nSPS) is 18.7. The van der Waals surface area contributed by atoms with Crippen LogP contribution in [0.2, 0.25) is 0 Å². The van der Waals surface area contributed by atoms with Crippen LogP contribution in [0.25, 0.3) is 0 Å². The average Bonchev–Trinajstić information content (AvgIpc) is 1.65. The molecule has 0 saturated heterocycles. The van der Waals surface area contributed by atoms with Gasteiger partial charge in [0.15, 0.2) is 0 Å². The van der Waals surface area contributed by atoms with Crippen LogP contribution in [0.4, 0.5) is 4.39 Å². The van der Waals surface area contributed by atoms with E-state index in [2.05, 4.69) is 0 Å². The summed E-state index contributed by atoms with van der Waals surface area (Å²) < 4.78 is 30.6. The molecule has 0 N–H and O–H groups in total. The standard InChI is InChI=1S/C3H7FO2S/c1-3(2-4)7(5)6/h3H,2H2,1H3,(H,5,6)/p-1. The third kappa shape index (κ3) is 2.70. The summed E-state index contributed by atoms with van der Waals surface area (Å²) in [5.74, 6) is 0. The Morgan fingerprint density at radius 2 is 2.43 bits per heavy atom. The van der Waals surface area contributed by atoms with Gasteiger partial charge in [0.05, 0.1) is 0 Å². The van der Waals surface area contributed by atoms with Gasteiger partial charge in [-0.25, -0.2) is 4.39 Å². The molecule has 0 aromatic carbocycles. The van der Waals surface area contributed by atoms with E-state index in [4.69, 9.17) is 0 Å². The summed E-state index contributed by atoms with van der Waals surface area (Å²) in [5.41, 5.74) is 0. The van der Waals surface area contributed by atoms with Crippen molar-refractivity contribution in [1.29, 1.82) is 0 Å². The number of halogens is 1. The molecular formula is C3H6FO2S-. The Morgan fingerprint density at radius 3 is 2.43 bits per heavy atom. The molecule has 2 unspecified atom stereocenters. The van der Waals surface area contributed by atoms with Gasteiger partial charge in [0.2, 0.25) is 0 Å². The van der Waals surface area contributed by atoms with Gasteiger partial charge in [-0.2, -0.15) is 0 Å². The zero-order chi connectivity index (χ0) is 5.86. The summed E-state index contributed by atoms with van der Waals surface area (Å²) in [7, 11) is 0. The number of hydrogen-bond donors (Lipinski definition) is 0. The van der Waals surface area contributed by atoms with Gasteiger partial charge in [-0.3, -0.25) is 4.21 Å². The third-order valence-corrected chi connectivity index (χ3v) is 1.33. The molecule has 4 heteroatoms. The molecule has 0 aromatic rings. The molecule has 0 aromatic heterocycles. The molecule has 7 heavy (non-hydrogen) atoms. The number of rotatable bonds is 2. The zero-order valence-electron chi connectivity index (χ0n) is 3.89. The van der Waals surface area contributed by atoms with Gasteiger partial charge < -0.3 is 4.55 Å². The largest absolute Gasteiger partial charge is 0.772 e. The van der Waals surface area contributed by atoms with E-state index in [1.165, 1.54) is 6.92 Å². The minimum absolute atomic E-state index is 0.796. The lowest BCUT2D eigenvalue weighted by Gasteiger charge is -2.08. The fourth-order valence-corrected chi connectivity index (χ4v) is 0.154. The van der Waals surface area contributed by atoms with E-state index in [0.29, 0.717) is 0 Å². The van der Waals surface area contributed by atoms with Gasteiger partial charge in [0.1, 0.15) is 6.67 Å². The molecule has 0 saturated carbocycles. The summed E-state index contributed by atoms with van der Waals surface area (Å²) >= 11 is -2.24. The maximum atomic E-state index is 11.2. The second kappa shape index (κ2) is 3.10. The van der Waals surface area contributed by atoms with Crippen molar-refractivity contribution in [3.63, 3.8) is 0 Å². The van der Waals surface area contributed by atoms with Crippen LogP contribution in [0, 0.1) is 0 Å². The van der Waals surface area contributed by atoms with Crippen molar-refractivity contribution in [2.75, 3.05) is 6.67 Å². The molecule has 44 valence electrons. The summed E-state index contributed by atoms with van der Waals surface area (Å²) in [6.07, 6.45) is 0. The molecular weight excluding hydrogens is 119 g/mol. The topological polar surface area (TPSA) is 40.1 Å². The lowest BCUT2D eigenvalue weighted by Crippen LogP contribution is -2.11. The van der Waals surface area contributed by atoms with Crippen molar-refractivity contribution < 1.29 is 13.2 Å². The highest BCUT2D eigenvalue weighted by Crippen LogP contribution is 1.90. The smallest absolute Gasteiger partial charge is 0.102 e. The Hall–Kier alpha value is 0.0400. The van der Waals surface area contributed by atoms with Crippen LogP contribution >= 0.6 is 0 Å². The molecule has 0 fully saturated rings. The van der Waals surface area contributed by atoms with E-state index < -0.39 is 23.0 Å². The van der Waals surface area contributed by atoms with Crippen LogP contribution in [0.5, 0.6) is 0 Å². The molecule has 0 aliphatic rings. The monoisotopic (exact) mass is 125 g/mol. The van der Waals surface area contributed by atoms with Gasteiger partial charge >= 0.3 is 0 Å². The van der Waals surface area contributed by atoms with Gasteiger partial charge in [0, 0.05) is 5.25 Å². The molecule has 0 bridgehead atoms. The lowest BCUT2D eigenvalue weighted by atomic mass is 10.5. The predicted octanol–water partition coefficient (Wildman–Crippen LogP) is 0.224. The molecule has 2 nitrogen and oxygen atoms in total. The Labute approximate surface area is 44.0 Å². The summed E-state index contributed by atoms with van der Waals surface area (Å²) in [6.45, 7) is 0.513. The summed E-state index contributed by atoms with van der Waals surface area (Å²) in [5, 5.41) is -0.847. The SMILES string of the molecule is CC(CF)S(=O)[O-]. The second-order valence-corrected chi connectivity index (χ2v) is 2.55. The van der Waals surface area contributed by atoms with Gasteiger partial charge in [0.25, 0.3) is 0 Å². The van der Waals surface area contributed by atoms with Crippen LogP contribution < -0.4 is 0 Å². The van der Waals surface area contributed by atoms with E-state index in [0.717, 1.165) is 0 Å². The minimum Gasteiger partial charge on any atom is -0.772 e. The first-order valence-corrected chi connectivity index (χ1v) is 2.96. The van der Waals surface area contributed by atoms with Crippen molar-refractivity contribution in [3.05, 3.63) is 0 Å². The molecule has 0 heterocycles. The van der Waals surface area contributed by atoms with Crippen molar-refractivity contribution >= 4 is 11.1 Å². The molecule has 0 amide bonds. The van der Waals surface area contributed by atoms with Crippen molar-refractivity contribution in [3.8, 4) is 0 Å². The molecule has 0 aliphatic heterocycles. The molecule has 2 atom stereocenters. The Bertz CT molecular complexity index is 75.3. The first-order chi connectivity index (χ1) is 3.18. The van der Waals surface area contributed by atoms with Crippen molar-refractivity contribution in [2.45, 2.75) is 12.2 Å². The molecule has 0 spiro atoms. The van der Waals surface area contributed by atoms with E-state index in [1.807, 2.05) is 0 Å². The quantitative estimate of drug-likeness (QED) is 0.495. The number of alkyl halides is 1. The number of hydrogen-bond acceptors (Lipinski definition) is 2. The first kappa shape index (κ1) is 7.04. The maximum absolute atomic E-state index is 11.2. The maximum Gasteiger partial charge on any atom is 0.102 e. The third-order valence-electron chi connectivity index (χ3n) is 0.546. The van der Waals surface area contributed by atoms with E-state index in [9.17, 15) is 13.2 Å².